The third-order valence-corrected chi connectivity index (χ3v) is 4.18. The number of carbonyl (C=O) groups is 1. The van der Waals surface area contributed by atoms with E-state index >= 15 is 0 Å². The zero-order valence-corrected chi connectivity index (χ0v) is 14.8. The van der Waals surface area contributed by atoms with Crippen molar-refractivity contribution in [2.75, 3.05) is 19.5 Å². The van der Waals surface area contributed by atoms with Crippen LogP contribution in [0, 0.1) is 5.82 Å². The van der Waals surface area contributed by atoms with Crippen LogP contribution in [-0.4, -0.2) is 25.3 Å². The third-order valence-electron chi connectivity index (χ3n) is 3.44. The standard InChI is InChI=1S/C17H17BrFNO4/c1-23-12-4-3-10(16(7-12)24-2)9-20-15-8-13(18)11(5-14(15)19)6-17(21)22/h3-5,7-8,20H,6,9H2,1-2H3,(H,21,22). The van der Waals surface area contributed by atoms with Crippen LogP contribution in [0.2, 0.25) is 0 Å². The van der Waals surface area contributed by atoms with Gasteiger partial charge in [0, 0.05) is 22.6 Å². The number of ether oxygens (including phenoxy) is 2. The minimum absolute atomic E-state index is 0.246. The molecule has 0 aromatic heterocycles. The fraction of sp³-hybridized carbons (Fsp3) is 0.235. The Labute approximate surface area is 147 Å². The minimum Gasteiger partial charge on any atom is -0.497 e. The van der Waals surface area contributed by atoms with Gasteiger partial charge in [-0.1, -0.05) is 15.9 Å². The molecule has 2 rings (SSSR count). The summed E-state index contributed by atoms with van der Waals surface area (Å²) in [6.45, 7) is 0.342. The number of benzene rings is 2. The van der Waals surface area contributed by atoms with Crippen LogP contribution in [0.5, 0.6) is 11.5 Å². The van der Waals surface area contributed by atoms with Gasteiger partial charge < -0.3 is 19.9 Å². The van der Waals surface area contributed by atoms with Crippen molar-refractivity contribution in [3.05, 3.63) is 51.7 Å². The maximum Gasteiger partial charge on any atom is 0.307 e. The van der Waals surface area contributed by atoms with E-state index in [0.717, 1.165) is 5.56 Å². The molecule has 0 atom stereocenters. The molecule has 0 bridgehead atoms. The van der Waals surface area contributed by atoms with E-state index < -0.39 is 11.8 Å². The first-order valence-corrected chi connectivity index (χ1v) is 7.88. The molecule has 0 aliphatic rings. The quantitative estimate of drug-likeness (QED) is 0.742. The molecule has 0 saturated heterocycles. The van der Waals surface area contributed by atoms with Gasteiger partial charge in [-0.15, -0.1) is 0 Å². The van der Waals surface area contributed by atoms with Crippen LogP contribution in [0.25, 0.3) is 0 Å². The molecule has 0 saturated carbocycles. The van der Waals surface area contributed by atoms with Gasteiger partial charge in [0.05, 0.1) is 26.3 Å². The Hall–Kier alpha value is -2.28. The van der Waals surface area contributed by atoms with Crippen molar-refractivity contribution in [3.63, 3.8) is 0 Å². The van der Waals surface area contributed by atoms with Crippen LogP contribution in [0.4, 0.5) is 10.1 Å². The maximum atomic E-state index is 14.2. The number of aliphatic carboxylic acids is 1. The molecule has 2 aromatic carbocycles. The third kappa shape index (κ3) is 4.38. The van der Waals surface area contributed by atoms with Crippen molar-refractivity contribution < 1.29 is 23.8 Å². The molecule has 0 radical (unpaired) electrons. The van der Waals surface area contributed by atoms with Gasteiger partial charge in [0.15, 0.2) is 0 Å². The molecule has 0 aliphatic heterocycles. The molecule has 5 nitrogen and oxygen atoms in total. The van der Waals surface area contributed by atoms with E-state index in [1.54, 1.807) is 26.4 Å². The molecule has 0 amide bonds. The Morgan fingerprint density at radius 3 is 2.58 bits per heavy atom. The maximum absolute atomic E-state index is 14.2. The first-order valence-electron chi connectivity index (χ1n) is 7.09. The average Bonchev–Trinajstić information content (AvgIpc) is 2.56. The van der Waals surface area contributed by atoms with Gasteiger partial charge >= 0.3 is 5.97 Å². The second kappa shape index (κ2) is 8.01. The summed E-state index contributed by atoms with van der Waals surface area (Å²) < 4.78 is 25.1. The number of carboxylic acids is 1. The predicted molar refractivity (Wildman–Crippen MR) is 92.3 cm³/mol. The van der Waals surface area contributed by atoms with E-state index in [0.29, 0.717) is 28.1 Å². The summed E-state index contributed by atoms with van der Waals surface area (Å²) >= 11 is 3.27. The number of anilines is 1. The highest BCUT2D eigenvalue weighted by molar-refractivity contribution is 9.10. The van der Waals surface area contributed by atoms with Crippen molar-refractivity contribution in [3.8, 4) is 11.5 Å². The molecule has 0 heterocycles. The van der Waals surface area contributed by atoms with Gasteiger partial charge in [-0.25, -0.2) is 4.39 Å². The molecular weight excluding hydrogens is 381 g/mol. The van der Waals surface area contributed by atoms with Crippen LogP contribution in [0.1, 0.15) is 11.1 Å². The van der Waals surface area contributed by atoms with Crippen molar-refractivity contribution >= 4 is 27.6 Å². The monoisotopic (exact) mass is 397 g/mol. The summed E-state index contributed by atoms with van der Waals surface area (Å²) in [5.74, 6) is -0.230. The molecule has 0 spiro atoms. The Kier molecular flexibility index (Phi) is 6.03. The van der Waals surface area contributed by atoms with E-state index in [4.69, 9.17) is 14.6 Å². The van der Waals surface area contributed by atoms with E-state index in [2.05, 4.69) is 21.2 Å². The Bertz CT molecular complexity index is 752. The topological polar surface area (TPSA) is 67.8 Å². The first-order chi connectivity index (χ1) is 11.4. The SMILES string of the molecule is COc1ccc(CNc2cc(Br)c(CC(=O)O)cc2F)c(OC)c1. The van der Waals surface area contributed by atoms with Gasteiger partial charge in [-0.2, -0.15) is 0 Å². The fourth-order valence-corrected chi connectivity index (χ4v) is 2.69. The molecule has 128 valence electrons. The Morgan fingerprint density at radius 2 is 1.96 bits per heavy atom. The van der Waals surface area contributed by atoms with Gasteiger partial charge in [-0.3, -0.25) is 4.79 Å². The molecule has 0 fully saturated rings. The van der Waals surface area contributed by atoms with Crippen molar-refractivity contribution in [1.29, 1.82) is 0 Å². The molecular formula is C17H17BrFNO4. The lowest BCUT2D eigenvalue weighted by molar-refractivity contribution is -0.136. The fourth-order valence-electron chi connectivity index (χ4n) is 2.21. The normalized spacial score (nSPS) is 10.3. The van der Waals surface area contributed by atoms with Gasteiger partial charge in [0.1, 0.15) is 17.3 Å². The summed E-state index contributed by atoms with van der Waals surface area (Å²) in [5.41, 5.74) is 1.49. The number of halogens is 2. The van der Waals surface area contributed by atoms with Gasteiger partial charge in [0.2, 0.25) is 0 Å². The molecule has 2 aromatic rings. The van der Waals surface area contributed by atoms with Crippen molar-refractivity contribution in [2.24, 2.45) is 0 Å². The van der Waals surface area contributed by atoms with E-state index in [1.165, 1.54) is 12.1 Å². The lowest BCUT2D eigenvalue weighted by Gasteiger charge is -2.13. The number of nitrogens with one attached hydrogen (secondary N) is 1. The van der Waals surface area contributed by atoms with Gasteiger partial charge in [-0.05, 0) is 29.8 Å². The van der Waals surface area contributed by atoms with Crippen LogP contribution in [0.3, 0.4) is 0 Å². The first kappa shape index (κ1) is 18.1. The number of rotatable bonds is 7. The number of hydrogen-bond acceptors (Lipinski definition) is 4. The van der Waals surface area contributed by atoms with Crippen LogP contribution in [-0.2, 0) is 17.8 Å². The lowest BCUT2D eigenvalue weighted by atomic mass is 10.1. The van der Waals surface area contributed by atoms with Crippen molar-refractivity contribution in [2.45, 2.75) is 13.0 Å². The zero-order valence-electron chi connectivity index (χ0n) is 13.2. The zero-order chi connectivity index (χ0) is 17.7. The summed E-state index contributed by atoms with van der Waals surface area (Å²) in [6.07, 6.45) is -0.246. The number of methoxy groups -OCH3 is 2. The molecule has 24 heavy (non-hydrogen) atoms. The number of carboxylic acid groups (broad SMARTS) is 1. The molecule has 7 heteroatoms. The summed E-state index contributed by atoms with van der Waals surface area (Å²) in [4.78, 5) is 10.8. The summed E-state index contributed by atoms with van der Waals surface area (Å²) in [6, 6.07) is 8.12. The lowest BCUT2D eigenvalue weighted by Crippen LogP contribution is -2.06. The number of hydrogen-bond donors (Lipinski definition) is 2. The van der Waals surface area contributed by atoms with E-state index in [9.17, 15) is 9.18 Å². The predicted octanol–water partition coefficient (Wildman–Crippen LogP) is 3.84. The van der Waals surface area contributed by atoms with Gasteiger partial charge in [0.25, 0.3) is 0 Å². The largest absolute Gasteiger partial charge is 0.497 e. The second-order valence-electron chi connectivity index (χ2n) is 5.03. The highest BCUT2D eigenvalue weighted by Gasteiger charge is 2.12. The molecule has 2 N–H and O–H groups in total. The Balaban J connectivity index is 2.17. The van der Waals surface area contributed by atoms with Crippen LogP contribution in [0.15, 0.2) is 34.8 Å². The van der Waals surface area contributed by atoms with Crippen molar-refractivity contribution in [1.82, 2.24) is 0 Å². The Morgan fingerprint density at radius 1 is 1.21 bits per heavy atom. The average molecular weight is 398 g/mol. The summed E-state index contributed by atoms with van der Waals surface area (Å²) in [5, 5.41) is 11.8. The smallest absolute Gasteiger partial charge is 0.307 e. The highest BCUT2D eigenvalue weighted by atomic mass is 79.9. The van der Waals surface area contributed by atoms with E-state index in [1.807, 2.05) is 6.07 Å². The summed E-state index contributed by atoms with van der Waals surface area (Å²) in [7, 11) is 3.12. The minimum atomic E-state index is -1.02. The van der Waals surface area contributed by atoms with Crippen LogP contribution >= 0.6 is 15.9 Å². The highest BCUT2D eigenvalue weighted by Crippen LogP contribution is 2.28. The van der Waals surface area contributed by atoms with E-state index in [-0.39, 0.29) is 12.1 Å². The van der Waals surface area contributed by atoms with Crippen LogP contribution < -0.4 is 14.8 Å². The molecule has 0 unspecified atom stereocenters. The molecule has 0 aliphatic carbocycles. The second-order valence-corrected chi connectivity index (χ2v) is 5.88.